The SMILES string of the molecule is NC(N)=NCCCC(N)C(=O)NCC(=O)NC(Cc1c[nH]c2ccccc12)C(=O)NC(Cc1c[nH]c2ccccc12)C(=O)O. The van der Waals surface area contributed by atoms with Gasteiger partial charge in [-0.2, -0.15) is 0 Å². The molecule has 3 atom stereocenters. The van der Waals surface area contributed by atoms with Crippen LogP contribution in [-0.4, -0.2) is 75.9 Å². The summed E-state index contributed by atoms with van der Waals surface area (Å²) in [4.78, 5) is 61.2. The number of hydrogen-bond donors (Lipinski definition) is 9. The predicted molar refractivity (Wildman–Crippen MR) is 166 cm³/mol. The monoisotopic (exact) mass is 603 g/mol. The Kier molecular flexibility index (Phi) is 10.5. The van der Waals surface area contributed by atoms with Crippen LogP contribution in [0.1, 0.15) is 24.0 Å². The summed E-state index contributed by atoms with van der Waals surface area (Å²) in [6.45, 7) is -0.123. The fourth-order valence-electron chi connectivity index (χ4n) is 4.92. The van der Waals surface area contributed by atoms with E-state index in [0.717, 1.165) is 32.9 Å². The van der Waals surface area contributed by atoms with E-state index >= 15 is 0 Å². The summed E-state index contributed by atoms with van der Waals surface area (Å²) in [6, 6.07) is 11.6. The topological polar surface area (TPSA) is 247 Å². The molecule has 4 rings (SSSR count). The molecule has 2 aromatic carbocycles. The predicted octanol–water partition coefficient (Wildman–Crippen LogP) is -0.0143. The molecule has 12 N–H and O–H groups in total. The summed E-state index contributed by atoms with van der Waals surface area (Å²) in [5.74, 6) is -3.15. The Labute approximate surface area is 252 Å². The van der Waals surface area contributed by atoms with E-state index in [2.05, 4.69) is 30.9 Å². The molecule has 0 aliphatic rings. The number of carboxylic acids is 1. The summed E-state index contributed by atoms with van der Waals surface area (Å²) in [6.07, 6.45) is 4.31. The van der Waals surface area contributed by atoms with Gasteiger partial charge in [-0.05, 0) is 36.1 Å². The number of aromatic amines is 2. The Bertz CT molecular complexity index is 1660. The summed E-state index contributed by atoms with van der Waals surface area (Å²) in [5, 5.41) is 19.4. The second kappa shape index (κ2) is 14.7. The number of para-hydroxylation sites is 2. The molecule has 2 heterocycles. The zero-order chi connectivity index (χ0) is 31.6. The number of nitrogens with one attached hydrogen (secondary N) is 5. The smallest absolute Gasteiger partial charge is 0.326 e. The number of aliphatic carboxylic acids is 1. The third-order valence-electron chi connectivity index (χ3n) is 7.19. The van der Waals surface area contributed by atoms with Gasteiger partial charge in [0.2, 0.25) is 17.7 Å². The maximum atomic E-state index is 13.5. The Morgan fingerprint density at radius 1 is 0.818 bits per heavy atom. The minimum absolute atomic E-state index is 0.0238. The lowest BCUT2D eigenvalue weighted by Crippen LogP contribution is -2.54. The Balaban J connectivity index is 1.44. The molecule has 2 aromatic heterocycles. The standard InChI is InChI=1S/C30H37N9O5/c31-21(8-5-11-34-30(32)33)27(41)37-16-26(40)38-24(12-17-14-35-22-9-3-1-6-19(17)22)28(42)39-25(29(43)44)13-18-15-36-23-10-4-2-7-20(18)23/h1-4,6-7,9-10,14-15,21,24-25,35-36H,5,8,11-13,16,31H2,(H,37,41)(H,38,40)(H,39,42)(H,43,44)(H4,32,33,34). The van der Waals surface area contributed by atoms with E-state index in [4.69, 9.17) is 17.2 Å². The summed E-state index contributed by atoms with van der Waals surface area (Å²) in [5.41, 5.74) is 19.6. The van der Waals surface area contributed by atoms with Gasteiger partial charge >= 0.3 is 5.97 Å². The van der Waals surface area contributed by atoms with Gasteiger partial charge < -0.3 is 48.2 Å². The lowest BCUT2D eigenvalue weighted by Gasteiger charge is -2.22. The van der Waals surface area contributed by atoms with Crippen LogP contribution in [0.25, 0.3) is 21.8 Å². The van der Waals surface area contributed by atoms with Crippen LogP contribution in [0.4, 0.5) is 0 Å². The number of carbonyl (C=O) groups is 4. The van der Waals surface area contributed by atoms with Gasteiger partial charge in [0.05, 0.1) is 12.6 Å². The number of carbonyl (C=O) groups excluding carboxylic acids is 3. The van der Waals surface area contributed by atoms with Crippen molar-refractivity contribution in [1.82, 2.24) is 25.9 Å². The Morgan fingerprint density at radius 2 is 1.39 bits per heavy atom. The number of aromatic nitrogens is 2. The van der Waals surface area contributed by atoms with Crippen LogP contribution in [0.3, 0.4) is 0 Å². The van der Waals surface area contributed by atoms with Crippen LogP contribution in [0, 0.1) is 0 Å². The third kappa shape index (κ3) is 8.35. The zero-order valence-electron chi connectivity index (χ0n) is 24.0. The molecule has 0 fully saturated rings. The molecule has 0 aliphatic carbocycles. The van der Waals surface area contributed by atoms with Gasteiger partial charge in [-0.15, -0.1) is 0 Å². The van der Waals surface area contributed by atoms with Crippen molar-refractivity contribution in [3.05, 3.63) is 72.1 Å². The first-order valence-electron chi connectivity index (χ1n) is 14.1. The number of amides is 3. The van der Waals surface area contributed by atoms with Crippen molar-refractivity contribution in [2.24, 2.45) is 22.2 Å². The molecule has 232 valence electrons. The van der Waals surface area contributed by atoms with Gasteiger partial charge in [-0.1, -0.05) is 36.4 Å². The van der Waals surface area contributed by atoms with Crippen LogP contribution in [0.15, 0.2) is 65.9 Å². The van der Waals surface area contributed by atoms with Crippen LogP contribution < -0.4 is 33.2 Å². The number of nitrogens with zero attached hydrogens (tertiary/aromatic N) is 1. The number of benzene rings is 2. The van der Waals surface area contributed by atoms with E-state index in [1.807, 2.05) is 48.5 Å². The van der Waals surface area contributed by atoms with E-state index in [0.29, 0.717) is 19.4 Å². The molecule has 0 bridgehead atoms. The van der Waals surface area contributed by atoms with E-state index < -0.39 is 48.4 Å². The quantitative estimate of drug-likeness (QED) is 0.0506. The molecule has 14 nitrogen and oxygen atoms in total. The summed E-state index contributed by atoms with van der Waals surface area (Å²) < 4.78 is 0. The Morgan fingerprint density at radius 3 is 1.95 bits per heavy atom. The molecule has 14 heteroatoms. The summed E-state index contributed by atoms with van der Waals surface area (Å²) in [7, 11) is 0. The molecule has 44 heavy (non-hydrogen) atoms. The molecule has 0 saturated heterocycles. The molecular formula is C30H37N9O5. The van der Waals surface area contributed by atoms with E-state index in [1.54, 1.807) is 12.4 Å². The second-order valence-electron chi connectivity index (χ2n) is 10.4. The van der Waals surface area contributed by atoms with Crippen LogP contribution in [0.5, 0.6) is 0 Å². The molecule has 0 radical (unpaired) electrons. The van der Waals surface area contributed by atoms with Gasteiger partial charge in [-0.3, -0.25) is 19.4 Å². The first-order chi connectivity index (χ1) is 21.1. The number of aliphatic imine (C=N–C) groups is 1. The fourth-order valence-corrected chi connectivity index (χ4v) is 4.92. The molecule has 4 aromatic rings. The lowest BCUT2D eigenvalue weighted by atomic mass is 10.0. The number of hydrogen-bond acceptors (Lipinski definition) is 6. The first-order valence-corrected chi connectivity index (χ1v) is 14.1. The number of H-pyrrole nitrogens is 2. The number of carboxylic acid groups (broad SMARTS) is 1. The fraction of sp³-hybridized carbons (Fsp3) is 0.300. The number of guanidine groups is 1. The van der Waals surface area contributed by atoms with E-state index in [1.165, 1.54) is 0 Å². The molecular weight excluding hydrogens is 566 g/mol. The first kappa shape index (κ1) is 31.6. The van der Waals surface area contributed by atoms with Gasteiger partial charge in [0.15, 0.2) is 5.96 Å². The highest BCUT2D eigenvalue weighted by Crippen LogP contribution is 2.21. The molecule has 0 spiro atoms. The highest BCUT2D eigenvalue weighted by Gasteiger charge is 2.28. The lowest BCUT2D eigenvalue weighted by molar-refractivity contribution is -0.142. The van der Waals surface area contributed by atoms with Crippen molar-refractivity contribution in [2.75, 3.05) is 13.1 Å². The minimum Gasteiger partial charge on any atom is -0.480 e. The number of rotatable bonds is 15. The van der Waals surface area contributed by atoms with Gasteiger partial charge in [0.1, 0.15) is 12.1 Å². The molecule has 0 aliphatic heterocycles. The maximum Gasteiger partial charge on any atom is 0.326 e. The molecule has 0 saturated carbocycles. The van der Waals surface area contributed by atoms with Crippen LogP contribution >= 0.6 is 0 Å². The van der Waals surface area contributed by atoms with Gasteiger partial charge in [0, 0.05) is 53.6 Å². The normalized spacial score (nSPS) is 13.1. The maximum absolute atomic E-state index is 13.5. The highest BCUT2D eigenvalue weighted by molar-refractivity contribution is 5.94. The van der Waals surface area contributed by atoms with Crippen molar-refractivity contribution >= 4 is 51.5 Å². The van der Waals surface area contributed by atoms with Crippen molar-refractivity contribution in [3.8, 4) is 0 Å². The third-order valence-corrected chi connectivity index (χ3v) is 7.19. The summed E-state index contributed by atoms with van der Waals surface area (Å²) >= 11 is 0. The zero-order valence-corrected chi connectivity index (χ0v) is 24.0. The van der Waals surface area contributed by atoms with Gasteiger partial charge in [0.25, 0.3) is 0 Å². The highest BCUT2D eigenvalue weighted by atomic mass is 16.4. The number of fused-ring (bicyclic) bond motifs is 2. The van der Waals surface area contributed by atoms with Crippen LogP contribution in [0.2, 0.25) is 0 Å². The van der Waals surface area contributed by atoms with Crippen molar-refractivity contribution in [3.63, 3.8) is 0 Å². The average molecular weight is 604 g/mol. The average Bonchev–Trinajstić information content (AvgIpc) is 3.61. The molecule has 3 amide bonds. The van der Waals surface area contributed by atoms with E-state index in [9.17, 15) is 24.3 Å². The van der Waals surface area contributed by atoms with E-state index in [-0.39, 0.29) is 18.8 Å². The Hall–Kier alpha value is -5.37. The van der Waals surface area contributed by atoms with Crippen molar-refractivity contribution in [1.29, 1.82) is 0 Å². The minimum atomic E-state index is -1.26. The number of nitrogens with two attached hydrogens (primary N) is 3. The largest absolute Gasteiger partial charge is 0.480 e. The van der Waals surface area contributed by atoms with Crippen molar-refractivity contribution in [2.45, 2.75) is 43.8 Å². The molecule has 3 unspecified atom stereocenters. The van der Waals surface area contributed by atoms with Gasteiger partial charge in [-0.25, -0.2) is 4.79 Å². The second-order valence-corrected chi connectivity index (χ2v) is 10.4. The van der Waals surface area contributed by atoms with Crippen molar-refractivity contribution < 1.29 is 24.3 Å². The van der Waals surface area contributed by atoms with Crippen LogP contribution in [-0.2, 0) is 32.0 Å².